The van der Waals surface area contributed by atoms with Crippen molar-refractivity contribution in [2.45, 2.75) is 76.7 Å². The minimum atomic E-state index is 0.600. The fourth-order valence-electron chi connectivity index (χ4n) is 3.37. The van der Waals surface area contributed by atoms with Crippen LogP contribution in [0.1, 0.15) is 70.6 Å². The predicted octanol–water partition coefficient (Wildman–Crippen LogP) is 3.37. The molecule has 0 aromatic heterocycles. The molecule has 2 heteroatoms. The molecule has 2 fully saturated rings. The third kappa shape index (κ3) is 3.46. The zero-order valence-corrected chi connectivity index (χ0v) is 10.6. The number of hydrazine groups is 1. The van der Waals surface area contributed by atoms with E-state index in [0.29, 0.717) is 6.04 Å². The molecule has 16 heavy (non-hydrogen) atoms. The molecular weight excluding hydrogens is 196 g/mol. The summed E-state index contributed by atoms with van der Waals surface area (Å²) < 4.78 is 0. The van der Waals surface area contributed by atoms with E-state index in [4.69, 9.17) is 5.84 Å². The van der Waals surface area contributed by atoms with Crippen LogP contribution in [0.5, 0.6) is 0 Å². The summed E-state index contributed by atoms with van der Waals surface area (Å²) in [6.07, 6.45) is 15.7. The van der Waals surface area contributed by atoms with Crippen molar-refractivity contribution in [3.63, 3.8) is 0 Å². The second-order valence-electron chi connectivity index (χ2n) is 5.91. The minimum absolute atomic E-state index is 0.600. The summed E-state index contributed by atoms with van der Waals surface area (Å²) in [6, 6.07) is 0.600. The van der Waals surface area contributed by atoms with Gasteiger partial charge >= 0.3 is 0 Å². The zero-order valence-electron chi connectivity index (χ0n) is 10.6. The molecule has 0 amide bonds. The van der Waals surface area contributed by atoms with Gasteiger partial charge < -0.3 is 0 Å². The Balaban J connectivity index is 1.79. The molecule has 3 N–H and O–H groups in total. The number of hydrogen-bond acceptors (Lipinski definition) is 2. The third-order valence-corrected chi connectivity index (χ3v) is 4.74. The SMILES string of the molecule is NNC(CC1CCC1)C1CCCCCCC1. The van der Waals surface area contributed by atoms with Gasteiger partial charge in [-0.3, -0.25) is 11.3 Å². The van der Waals surface area contributed by atoms with Gasteiger partial charge in [0, 0.05) is 6.04 Å². The zero-order chi connectivity index (χ0) is 11.2. The fraction of sp³-hybridized carbons (Fsp3) is 1.00. The van der Waals surface area contributed by atoms with Crippen LogP contribution in [0.15, 0.2) is 0 Å². The van der Waals surface area contributed by atoms with Gasteiger partial charge in [-0.2, -0.15) is 0 Å². The van der Waals surface area contributed by atoms with Gasteiger partial charge in [-0.15, -0.1) is 0 Å². The Morgan fingerprint density at radius 3 is 2.00 bits per heavy atom. The lowest BCUT2D eigenvalue weighted by atomic mass is 9.76. The Morgan fingerprint density at radius 1 is 0.875 bits per heavy atom. The molecule has 0 heterocycles. The molecule has 0 aliphatic heterocycles. The van der Waals surface area contributed by atoms with Crippen molar-refractivity contribution in [3.05, 3.63) is 0 Å². The number of nitrogens with two attached hydrogens (primary N) is 1. The number of nitrogens with one attached hydrogen (secondary N) is 1. The Morgan fingerprint density at radius 2 is 1.50 bits per heavy atom. The molecule has 0 spiro atoms. The monoisotopic (exact) mass is 224 g/mol. The van der Waals surface area contributed by atoms with Crippen molar-refractivity contribution < 1.29 is 0 Å². The number of rotatable bonds is 4. The van der Waals surface area contributed by atoms with Crippen LogP contribution in [0.4, 0.5) is 0 Å². The van der Waals surface area contributed by atoms with Gasteiger partial charge in [-0.1, -0.05) is 51.4 Å². The second-order valence-corrected chi connectivity index (χ2v) is 5.91. The maximum absolute atomic E-state index is 5.77. The Labute approximate surface area is 100 Å². The standard InChI is InChI=1S/C14H28N2/c15-16-14(11-12-7-6-8-12)13-9-4-2-1-3-5-10-13/h12-14,16H,1-11,15H2. The Kier molecular flexibility index (Phi) is 5.11. The van der Waals surface area contributed by atoms with E-state index in [1.165, 1.54) is 70.6 Å². The maximum atomic E-state index is 5.77. The molecule has 2 rings (SSSR count). The van der Waals surface area contributed by atoms with E-state index in [9.17, 15) is 0 Å². The fourth-order valence-corrected chi connectivity index (χ4v) is 3.37. The van der Waals surface area contributed by atoms with Crippen LogP contribution in [0.25, 0.3) is 0 Å². The molecular formula is C14H28N2. The lowest BCUT2D eigenvalue weighted by Gasteiger charge is -2.34. The van der Waals surface area contributed by atoms with Gasteiger partial charge in [0.2, 0.25) is 0 Å². The van der Waals surface area contributed by atoms with Crippen LogP contribution in [-0.4, -0.2) is 6.04 Å². The summed E-state index contributed by atoms with van der Waals surface area (Å²) in [4.78, 5) is 0. The molecule has 0 radical (unpaired) electrons. The highest BCUT2D eigenvalue weighted by Crippen LogP contribution is 2.34. The highest BCUT2D eigenvalue weighted by Gasteiger charge is 2.27. The van der Waals surface area contributed by atoms with Crippen molar-refractivity contribution >= 4 is 0 Å². The van der Waals surface area contributed by atoms with E-state index in [2.05, 4.69) is 5.43 Å². The van der Waals surface area contributed by atoms with Crippen LogP contribution < -0.4 is 11.3 Å². The van der Waals surface area contributed by atoms with E-state index in [1.54, 1.807) is 0 Å². The molecule has 2 nitrogen and oxygen atoms in total. The topological polar surface area (TPSA) is 38.0 Å². The highest BCUT2D eigenvalue weighted by atomic mass is 15.2. The van der Waals surface area contributed by atoms with Crippen LogP contribution in [0.2, 0.25) is 0 Å². The highest BCUT2D eigenvalue weighted by molar-refractivity contribution is 4.82. The van der Waals surface area contributed by atoms with Crippen molar-refractivity contribution in [3.8, 4) is 0 Å². The maximum Gasteiger partial charge on any atom is 0.0241 e. The third-order valence-electron chi connectivity index (χ3n) is 4.74. The van der Waals surface area contributed by atoms with E-state index >= 15 is 0 Å². The van der Waals surface area contributed by atoms with Gasteiger partial charge in [-0.05, 0) is 31.1 Å². The van der Waals surface area contributed by atoms with Gasteiger partial charge in [0.25, 0.3) is 0 Å². The molecule has 0 aromatic carbocycles. The molecule has 2 saturated carbocycles. The molecule has 2 aliphatic rings. The summed E-state index contributed by atoms with van der Waals surface area (Å²) in [5.74, 6) is 7.60. The number of hydrogen-bond donors (Lipinski definition) is 2. The largest absolute Gasteiger partial charge is 0.271 e. The van der Waals surface area contributed by atoms with Crippen molar-refractivity contribution in [2.24, 2.45) is 17.7 Å². The van der Waals surface area contributed by atoms with E-state index in [-0.39, 0.29) is 0 Å². The smallest absolute Gasteiger partial charge is 0.0241 e. The van der Waals surface area contributed by atoms with Gasteiger partial charge in [-0.25, -0.2) is 0 Å². The first-order valence-electron chi connectivity index (χ1n) is 7.36. The predicted molar refractivity (Wildman–Crippen MR) is 68.9 cm³/mol. The van der Waals surface area contributed by atoms with Crippen molar-refractivity contribution in [1.82, 2.24) is 5.43 Å². The molecule has 0 saturated heterocycles. The average molecular weight is 224 g/mol. The molecule has 2 aliphatic carbocycles. The first kappa shape index (κ1) is 12.4. The summed E-state index contributed by atoms with van der Waals surface area (Å²) in [5, 5.41) is 0. The van der Waals surface area contributed by atoms with Crippen LogP contribution in [0, 0.1) is 11.8 Å². The normalized spacial score (nSPS) is 26.8. The summed E-state index contributed by atoms with van der Waals surface area (Å²) in [7, 11) is 0. The Hall–Kier alpha value is -0.0800. The first-order chi connectivity index (χ1) is 7.90. The van der Waals surface area contributed by atoms with E-state index < -0.39 is 0 Å². The summed E-state index contributed by atoms with van der Waals surface area (Å²) in [6.45, 7) is 0. The lowest BCUT2D eigenvalue weighted by Crippen LogP contribution is -2.43. The Bertz CT molecular complexity index is 181. The average Bonchev–Trinajstić information content (AvgIpc) is 2.18. The van der Waals surface area contributed by atoms with E-state index in [0.717, 1.165) is 11.8 Å². The molecule has 1 unspecified atom stereocenters. The molecule has 94 valence electrons. The first-order valence-corrected chi connectivity index (χ1v) is 7.36. The van der Waals surface area contributed by atoms with Crippen molar-refractivity contribution in [2.75, 3.05) is 0 Å². The van der Waals surface area contributed by atoms with E-state index in [1.807, 2.05) is 0 Å². The van der Waals surface area contributed by atoms with Crippen LogP contribution in [0.3, 0.4) is 0 Å². The van der Waals surface area contributed by atoms with Gasteiger partial charge in [0.15, 0.2) is 0 Å². The quantitative estimate of drug-likeness (QED) is 0.567. The second kappa shape index (κ2) is 6.61. The molecule has 0 bridgehead atoms. The van der Waals surface area contributed by atoms with Crippen LogP contribution in [-0.2, 0) is 0 Å². The molecule has 0 aromatic rings. The van der Waals surface area contributed by atoms with Gasteiger partial charge in [0.05, 0.1) is 0 Å². The summed E-state index contributed by atoms with van der Waals surface area (Å²) in [5.41, 5.74) is 3.12. The van der Waals surface area contributed by atoms with Crippen LogP contribution >= 0.6 is 0 Å². The minimum Gasteiger partial charge on any atom is -0.271 e. The van der Waals surface area contributed by atoms with Crippen molar-refractivity contribution in [1.29, 1.82) is 0 Å². The lowest BCUT2D eigenvalue weighted by molar-refractivity contribution is 0.201. The summed E-state index contributed by atoms with van der Waals surface area (Å²) >= 11 is 0. The van der Waals surface area contributed by atoms with Gasteiger partial charge in [0.1, 0.15) is 0 Å². The molecule has 1 atom stereocenters.